The van der Waals surface area contributed by atoms with E-state index in [1.54, 1.807) is 7.11 Å². The molecule has 1 fully saturated rings. The highest BCUT2D eigenvalue weighted by molar-refractivity contribution is 5.79. The Bertz CT molecular complexity index is 886. The van der Waals surface area contributed by atoms with Crippen molar-refractivity contribution in [3.05, 3.63) is 58.7 Å². The van der Waals surface area contributed by atoms with Crippen molar-refractivity contribution in [3.63, 3.8) is 0 Å². The minimum absolute atomic E-state index is 0.201. The lowest BCUT2D eigenvalue weighted by Gasteiger charge is -2.36. The first kappa shape index (κ1) is 20.7. The normalized spacial score (nSPS) is 16.5. The van der Waals surface area contributed by atoms with Gasteiger partial charge < -0.3 is 19.9 Å². The first-order valence-corrected chi connectivity index (χ1v) is 11.1. The van der Waals surface area contributed by atoms with Crippen LogP contribution in [0.25, 0.3) is 0 Å². The van der Waals surface area contributed by atoms with Crippen LogP contribution in [-0.4, -0.2) is 50.6 Å². The molecular formula is C25H33N3O2. The van der Waals surface area contributed by atoms with Crippen molar-refractivity contribution in [2.24, 2.45) is 0 Å². The third kappa shape index (κ3) is 4.31. The van der Waals surface area contributed by atoms with E-state index >= 15 is 0 Å². The second kappa shape index (κ2) is 9.09. The van der Waals surface area contributed by atoms with E-state index in [9.17, 15) is 4.79 Å². The molecule has 0 aliphatic carbocycles. The number of nitrogens with zero attached hydrogens (tertiary/aromatic N) is 2. The Hall–Kier alpha value is -2.53. The van der Waals surface area contributed by atoms with Crippen LogP contribution >= 0.6 is 0 Å². The van der Waals surface area contributed by atoms with Crippen LogP contribution in [0.5, 0.6) is 5.75 Å². The average molecular weight is 408 g/mol. The van der Waals surface area contributed by atoms with Gasteiger partial charge in [0.1, 0.15) is 5.75 Å². The lowest BCUT2D eigenvalue weighted by atomic mass is 9.95. The molecular weight excluding hydrogens is 374 g/mol. The minimum atomic E-state index is 0.201. The SMILES string of the molecule is COc1ccc(N2CCNCC2)c2c1CCN(C(=O)Cc1ccc(C(C)C)cc1)C2. The van der Waals surface area contributed by atoms with Gasteiger partial charge in [0.2, 0.25) is 5.91 Å². The number of methoxy groups -OCH3 is 1. The number of carbonyl (C=O) groups is 1. The summed E-state index contributed by atoms with van der Waals surface area (Å²) in [6, 6.07) is 12.7. The van der Waals surface area contributed by atoms with Crippen LogP contribution in [0.2, 0.25) is 0 Å². The largest absolute Gasteiger partial charge is 0.496 e. The van der Waals surface area contributed by atoms with Crippen LogP contribution in [0, 0.1) is 0 Å². The van der Waals surface area contributed by atoms with E-state index in [0.717, 1.165) is 50.5 Å². The highest BCUT2D eigenvalue weighted by Gasteiger charge is 2.27. The van der Waals surface area contributed by atoms with E-state index in [-0.39, 0.29) is 5.91 Å². The van der Waals surface area contributed by atoms with Crippen LogP contribution in [-0.2, 0) is 24.2 Å². The van der Waals surface area contributed by atoms with Crippen LogP contribution in [0.3, 0.4) is 0 Å². The van der Waals surface area contributed by atoms with Crippen molar-refractivity contribution in [1.82, 2.24) is 10.2 Å². The number of rotatable bonds is 5. The summed E-state index contributed by atoms with van der Waals surface area (Å²) in [6.07, 6.45) is 1.30. The second-order valence-electron chi connectivity index (χ2n) is 8.62. The summed E-state index contributed by atoms with van der Waals surface area (Å²) in [5.41, 5.74) is 6.17. The van der Waals surface area contributed by atoms with Gasteiger partial charge in [-0.15, -0.1) is 0 Å². The van der Waals surface area contributed by atoms with E-state index in [2.05, 4.69) is 60.5 Å². The van der Waals surface area contributed by atoms with Gasteiger partial charge in [0.15, 0.2) is 0 Å². The predicted octanol–water partition coefficient (Wildman–Crippen LogP) is 3.36. The zero-order valence-electron chi connectivity index (χ0n) is 18.4. The van der Waals surface area contributed by atoms with E-state index < -0.39 is 0 Å². The molecule has 0 atom stereocenters. The van der Waals surface area contributed by atoms with Crippen LogP contribution in [0.1, 0.15) is 42.0 Å². The van der Waals surface area contributed by atoms with E-state index in [1.165, 1.54) is 22.4 Å². The molecule has 2 heterocycles. The van der Waals surface area contributed by atoms with Gasteiger partial charge in [-0.1, -0.05) is 38.1 Å². The quantitative estimate of drug-likeness (QED) is 0.826. The van der Waals surface area contributed by atoms with Crippen molar-refractivity contribution < 1.29 is 9.53 Å². The Kier molecular flexibility index (Phi) is 6.28. The molecule has 5 heteroatoms. The van der Waals surface area contributed by atoms with Crippen molar-refractivity contribution in [2.75, 3.05) is 44.7 Å². The van der Waals surface area contributed by atoms with Crippen molar-refractivity contribution in [2.45, 2.75) is 39.2 Å². The zero-order chi connectivity index (χ0) is 21.1. The Morgan fingerprint density at radius 3 is 2.43 bits per heavy atom. The molecule has 1 amide bonds. The fraction of sp³-hybridized carbons (Fsp3) is 0.480. The van der Waals surface area contributed by atoms with Gasteiger partial charge >= 0.3 is 0 Å². The van der Waals surface area contributed by atoms with E-state index in [1.807, 2.05) is 4.90 Å². The number of carbonyl (C=O) groups excluding carboxylic acids is 1. The standard InChI is InChI=1S/C25H33N3O2/c1-18(2)20-6-4-19(5-7-20)16-25(29)28-13-10-21-22(17-28)23(8-9-24(21)30-3)27-14-11-26-12-15-27/h4-9,18,26H,10-17H2,1-3H3. The summed E-state index contributed by atoms with van der Waals surface area (Å²) in [6.45, 7) is 9.77. The Morgan fingerprint density at radius 1 is 1.03 bits per heavy atom. The predicted molar refractivity (Wildman–Crippen MR) is 121 cm³/mol. The van der Waals surface area contributed by atoms with Gasteiger partial charge in [-0.05, 0) is 35.6 Å². The molecule has 4 rings (SSSR count). The number of hydrogen-bond acceptors (Lipinski definition) is 4. The molecule has 0 spiro atoms. The zero-order valence-corrected chi connectivity index (χ0v) is 18.4. The van der Waals surface area contributed by atoms with E-state index in [4.69, 9.17) is 4.74 Å². The molecule has 0 radical (unpaired) electrons. The number of nitrogens with one attached hydrogen (secondary N) is 1. The third-order valence-corrected chi connectivity index (χ3v) is 6.38. The Morgan fingerprint density at radius 2 is 1.77 bits per heavy atom. The maximum atomic E-state index is 13.1. The Balaban J connectivity index is 1.53. The third-order valence-electron chi connectivity index (χ3n) is 6.38. The van der Waals surface area contributed by atoms with Crippen molar-refractivity contribution >= 4 is 11.6 Å². The van der Waals surface area contributed by atoms with Gasteiger partial charge in [0.05, 0.1) is 13.5 Å². The molecule has 2 aliphatic heterocycles. The van der Waals surface area contributed by atoms with Gasteiger partial charge in [-0.2, -0.15) is 0 Å². The molecule has 2 aromatic rings. The number of benzene rings is 2. The van der Waals surface area contributed by atoms with Gasteiger partial charge in [0.25, 0.3) is 0 Å². The maximum absolute atomic E-state index is 13.1. The highest BCUT2D eigenvalue weighted by atomic mass is 16.5. The summed E-state index contributed by atoms with van der Waals surface area (Å²) in [5.74, 6) is 1.65. The molecule has 2 aromatic carbocycles. The summed E-state index contributed by atoms with van der Waals surface area (Å²) < 4.78 is 5.64. The van der Waals surface area contributed by atoms with Gasteiger partial charge in [-0.3, -0.25) is 4.79 Å². The van der Waals surface area contributed by atoms with E-state index in [0.29, 0.717) is 18.9 Å². The molecule has 160 valence electrons. The number of amides is 1. The number of fused-ring (bicyclic) bond motifs is 1. The molecule has 1 N–H and O–H groups in total. The summed E-state index contributed by atoms with van der Waals surface area (Å²) in [7, 11) is 1.73. The highest BCUT2D eigenvalue weighted by Crippen LogP contribution is 2.35. The van der Waals surface area contributed by atoms with Crippen molar-refractivity contribution in [3.8, 4) is 5.75 Å². The first-order valence-electron chi connectivity index (χ1n) is 11.1. The number of piperazine rings is 1. The first-order chi connectivity index (χ1) is 14.6. The fourth-order valence-corrected chi connectivity index (χ4v) is 4.54. The maximum Gasteiger partial charge on any atom is 0.227 e. The monoisotopic (exact) mass is 407 g/mol. The molecule has 0 aromatic heterocycles. The Labute approximate surface area is 180 Å². The fourth-order valence-electron chi connectivity index (χ4n) is 4.54. The molecule has 0 bridgehead atoms. The smallest absolute Gasteiger partial charge is 0.227 e. The summed E-state index contributed by atoms with van der Waals surface area (Å²) in [4.78, 5) is 17.6. The van der Waals surface area contributed by atoms with Crippen LogP contribution in [0.4, 0.5) is 5.69 Å². The second-order valence-corrected chi connectivity index (χ2v) is 8.62. The molecule has 0 saturated carbocycles. The number of hydrogen-bond donors (Lipinski definition) is 1. The molecule has 1 saturated heterocycles. The van der Waals surface area contributed by atoms with Crippen LogP contribution in [0.15, 0.2) is 36.4 Å². The number of ether oxygens (including phenoxy) is 1. The van der Waals surface area contributed by atoms with Crippen LogP contribution < -0.4 is 15.0 Å². The lowest BCUT2D eigenvalue weighted by Crippen LogP contribution is -2.45. The molecule has 5 nitrogen and oxygen atoms in total. The van der Waals surface area contributed by atoms with Crippen molar-refractivity contribution in [1.29, 1.82) is 0 Å². The molecule has 2 aliphatic rings. The topological polar surface area (TPSA) is 44.8 Å². The average Bonchev–Trinajstić information content (AvgIpc) is 2.78. The molecule has 30 heavy (non-hydrogen) atoms. The lowest BCUT2D eigenvalue weighted by molar-refractivity contribution is -0.131. The van der Waals surface area contributed by atoms with Gasteiger partial charge in [0, 0.05) is 56.1 Å². The summed E-state index contributed by atoms with van der Waals surface area (Å²) in [5, 5.41) is 3.42. The van der Waals surface area contributed by atoms with Gasteiger partial charge in [-0.25, -0.2) is 0 Å². The molecule has 0 unspecified atom stereocenters. The number of anilines is 1. The minimum Gasteiger partial charge on any atom is -0.496 e. The summed E-state index contributed by atoms with van der Waals surface area (Å²) >= 11 is 0.